The highest BCUT2D eigenvalue weighted by Crippen LogP contribution is 2.19. The summed E-state index contributed by atoms with van der Waals surface area (Å²) in [4.78, 5) is 22.0. The second kappa shape index (κ2) is 5.16. The summed E-state index contributed by atoms with van der Waals surface area (Å²) >= 11 is 0. The third kappa shape index (κ3) is 2.73. The summed E-state index contributed by atoms with van der Waals surface area (Å²) in [6.45, 7) is 0. The number of rotatable bonds is 4. The van der Waals surface area contributed by atoms with E-state index in [2.05, 4.69) is 4.74 Å². The van der Waals surface area contributed by atoms with E-state index in [4.69, 9.17) is 9.84 Å². The first-order valence-corrected chi connectivity index (χ1v) is 4.55. The highest BCUT2D eigenvalue weighted by atomic mass is 16.5. The Kier molecular flexibility index (Phi) is 3.88. The topological polar surface area (TPSA) is 72.8 Å². The molecule has 0 saturated carbocycles. The molecule has 0 amide bonds. The molecule has 1 aromatic carbocycles. The van der Waals surface area contributed by atoms with Gasteiger partial charge in [-0.15, -0.1) is 0 Å². The van der Waals surface area contributed by atoms with Crippen molar-refractivity contribution in [3.05, 3.63) is 29.3 Å². The normalized spacial score (nSPS) is 9.62. The summed E-state index contributed by atoms with van der Waals surface area (Å²) in [6, 6.07) is 4.61. The lowest BCUT2D eigenvalue weighted by Gasteiger charge is -2.08. The molecule has 0 aliphatic carbocycles. The average molecular weight is 224 g/mol. The van der Waals surface area contributed by atoms with E-state index >= 15 is 0 Å². The molecular weight excluding hydrogens is 212 g/mol. The van der Waals surface area contributed by atoms with Gasteiger partial charge in [0.2, 0.25) is 0 Å². The molecule has 0 unspecified atom stereocenters. The highest BCUT2D eigenvalue weighted by molar-refractivity contribution is 5.92. The van der Waals surface area contributed by atoms with Crippen molar-refractivity contribution in [1.29, 1.82) is 0 Å². The lowest BCUT2D eigenvalue weighted by atomic mass is 10.0. The number of carbonyl (C=O) groups is 2. The van der Waals surface area contributed by atoms with E-state index in [1.165, 1.54) is 20.3 Å². The van der Waals surface area contributed by atoms with Crippen molar-refractivity contribution >= 4 is 11.9 Å². The van der Waals surface area contributed by atoms with Crippen molar-refractivity contribution in [2.45, 2.75) is 6.42 Å². The zero-order valence-electron chi connectivity index (χ0n) is 9.02. The van der Waals surface area contributed by atoms with Crippen molar-refractivity contribution in [2.24, 2.45) is 0 Å². The lowest BCUT2D eigenvalue weighted by molar-refractivity contribution is -0.136. The van der Waals surface area contributed by atoms with Gasteiger partial charge in [-0.2, -0.15) is 0 Å². The fourth-order valence-electron chi connectivity index (χ4n) is 1.30. The van der Waals surface area contributed by atoms with E-state index in [0.29, 0.717) is 11.3 Å². The minimum absolute atomic E-state index is 0.212. The molecule has 0 bridgehead atoms. The Morgan fingerprint density at radius 2 is 2.00 bits per heavy atom. The molecule has 16 heavy (non-hydrogen) atoms. The van der Waals surface area contributed by atoms with Crippen LogP contribution in [0.4, 0.5) is 0 Å². The maximum atomic E-state index is 11.4. The number of hydrogen-bond donors (Lipinski definition) is 1. The summed E-state index contributed by atoms with van der Waals surface area (Å²) < 4.78 is 9.52. The van der Waals surface area contributed by atoms with Crippen LogP contribution in [0.3, 0.4) is 0 Å². The molecule has 1 aromatic rings. The van der Waals surface area contributed by atoms with Gasteiger partial charge in [0.15, 0.2) is 0 Å². The number of esters is 1. The number of carboxylic acid groups (broad SMARTS) is 1. The fraction of sp³-hybridized carbons (Fsp3) is 0.273. The van der Waals surface area contributed by atoms with Gasteiger partial charge in [-0.1, -0.05) is 6.07 Å². The molecule has 5 heteroatoms. The molecule has 0 aromatic heterocycles. The Labute approximate surface area is 92.6 Å². The van der Waals surface area contributed by atoms with Crippen LogP contribution >= 0.6 is 0 Å². The van der Waals surface area contributed by atoms with Crippen LogP contribution in [0.1, 0.15) is 15.9 Å². The minimum Gasteiger partial charge on any atom is -0.497 e. The van der Waals surface area contributed by atoms with Gasteiger partial charge < -0.3 is 14.6 Å². The van der Waals surface area contributed by atoms with Gasteiger partial charge in [0.05, 0.1) is 26.2 Å². The molecule has 0 fully saturated rings. The Balaban J connectivity index is 3.15. The van der Waals surface area contributed by atoms with Gasteiger partial charge in [0.25, 0.3) is 0 Å². The first-order valence-electron chi connectivity index (χ1n) is 4.55. The standard InChI is InChI=1S/C11H12O5/c1-15-8-4-3-7(5-10(12)13)9(6-8)11(14)16-2/h3-4,6H,5H2,1-2H3,(H,12,13). The van der Waals surface area contributed by atoms with Gasteiger partial charge in [-0.3, -0.25) is 4.79 Å². The molecule has 1 rings (SSSR count). The van der Waals surface area contributed by atoms with Crippen LogP contribution in [0, 0.1) is 0 Å². The molecule has 0 aliphatic heterocycles. The van der Waals surface area contributed by atoms with Crippen LogP contribution < -0.4 is 4.74 Å². The molecule has 0 radical (unpaired) electrons. The molecule has 0 heterocycles. The van der Waals surface area contributed by atoms with E-state index < -0.39 is 11.9 Å². The first kappa shape index (κ1) is 12.0. The van der Waals surface area contributed by atoms with Crippen LogP contribution in [0.25, 0.3) is 0 Å². The number of aliphatic carboxylic acids is 1. The first-order chi connectivity index (χ1) is 7.58. The van der Waals surface area contributed by atoms with Crippen molar-refractivity contribution in [3.63, 3.8) is 0 Å². The Morgan fingerprint density at radius 3 is 2.50 bits per heavy atom. The molecule has 0 aliphatic rings. The largest absolute Gasteiger partial charge is 0.497 e. The van der Waals surface area contributed by atoms with E-state index in [9.17, 15) is 9.59 Å². The molecule has 0 saturated heterocycles. The van der Waals surface area contributed by atoms with Gasteiger partial charge >= 0.3 is 11.9 Å². The van der Waals surface area contributed by atoms with E-state index in [-0.39, 0.29) is 12.0 Å². The van der Waals surface area contributed by atoms with Crippen LogP contribution in [-0.4, -0.2) is 31.3 Å². The summed E-state index contributed by atoms with van der Waals surface area (Å²) in [5, 5.41) is 8.69. The zero-order valence-corrected chi connectivity index (χ0v) is 9.02. The number of ether oxygens (including phenoxy) is 2. The minimum atomic E-state index is -1.00. The van der Waals surface area contributed by atoms with E-state index in [0.717, 1.165) is 0 Å². The predicted octanol–water partition coefficient (Wildman–Crippen LogP) is 1.11. The van der Waals surface area contributed by atoms with Gasteiger partial charge in [0, 0.05) is 0 Å². The molecule has 1 N–H and O–H groups in total. The van der Waals surface area contributed by atoms with Crippen LogP contribution in [0.2, 0.25) is 0 Å². The molecule has 5 nitrogen and oxygen atoms in total. The third-order valence-corrected chi connectivity index (χ3v) is 2.06. The summed E-state index contributed by atoms with van der Waals surface area (Å²) in [5.74, 6) is -1.10. The van der Waals surface area contributed by atoms with Gasteiger partial charge in [-0.05, 0) is 17.7 Å². The van der Waals surface area contributed by atoms with Crippen LogP contribution in [0.5, 0.6) is 5.75 Å². The number of methoxy groups -OCH3 is 2. The smallest absolute Gasteiger partial charge is 0.338 e. The van der Waals surface area contributed by atoms with Gasteiger partial charge in [-0.25, -0.2) is 4.79 Å². The number of carbonyl (C=O) groups excluding carboxylic acids is 1. The average Bonchev–Trinajstić information content (AvgIpc) is 2.28. The highest BCUT2D eigenvalue weighted by Gasteiger charge is 2.15. The SMILES string of the molecule is COC(=O)c1cc(OC)ccc1CC(=O)O. The number of hydrogen-bond acceptors (Lipinski definition) is 4. The second-order valence-corrected chi connectivity index (χ2v) is 3.09. The van der Waals surface area contributed by atoms with Crippen molar-refractivity contribution in [1.82, 2.24) is 0 Å². The second-order valence-electron chi connectivity index (χ2n) is 3.09. The number of carboxylic acids is 1. The van der Waals surface area contributed by atoms with Crippen molar-refractivity contribution < 1.29 is 24.2 Å². The molecular formula is C11H12O5. The third-order valence-electron chi connectivity index (χ3n) is 2.06. The lowest BCUT2D eigenvalue weighted by Crippen LogP contribution is -2.09. The summed E-state index contributed by atoms with van der Waals surface area (Å²) in [6.07, 6.45) is -0.228. The summed E-state index contributed by atoms with van der Waals surface area (Å²) in [5.41, 5.74) is 0.615. The molecule has 0 spiro atoms. The van der Waals surface area contributed by atoms with Crippen molar-refractivity contribution in [3.8, 4) is 5.75 Å². The zero-order chi connectivity index (χ0) is 12.1. The molecule has 86 valence electrons. The van der Waals surface area contributed by atoms with E-state index in [1.807, 2.05) is 0 Å². The Bertz CT molecular complexity index is 411. The molecule has 0 atom stereocenters. The van der Waals surface area contributed by atoms with Crippen LogP contribution in [-0.2, 0) is 16.0 Å². The van der Waals surface area contributed by atoms with Crippen molar-refractivity contribution in [2.75, 3.05) is 14.2 Å². The number of benzene rings is 1. The monoisotopic (exact) mass is 224 g/mol. The Hall–Kier alpha value is -2.04. The maximum absolute atomic E-state index is 11.4. The fourth-order valence-corrected chi connectivity index (χ4v) is 1.30. The van der Waals surface area contributed by atoms with Crippen LogP contribution in [0.15, 0.2) is 18.2 Å². The predicted molar refractivity (Wildman–Crippen MR) is 55.7 cm³/mol. The Morgan fingerprint density at radius 1 is 1.31 bits per heavy atom. The quantitative estimate of drug-likeness (QED) is 0.775. The van der Waals surface area contributed by atoms with E-state index in [1.54, 1.807) is 12.1 Å². The van der Waals surface area contributed by atoms with Gasteiger partial charge in [0.1, 0.15) is 5.75 Å². The summed E-state index contributed by atoms with van der Waals surface area (Å²) in [7, 11) is 2.71. The maximum Gasteiger partial charge on any atom is 0.338 e.